The molecule has 0 saturated carbocycles. The Kier molecular flexibility index (Phi) is 7.88. The molecule has 6 rings (SSSR count). The lowest BCUT2D eigenvalue weighted by Crippen LogP contribution is -2.45. The van der Waals surface area contributed by atoms with Crippen LogP contribution in [0.5, 0.6) is 23.0 Å². The van der Waals surface area contributed by atoms with Crippen LogP contribution in [-0.2, 0) is 25.4 Å². The Morgan fingerprint density at radius 3 is 1.69 bits per heavy atom. The van der Waals surface area contributed by atoms with Crippen molar-refractivity contribution in [3.05, 3.63) is 155 Å². The van der Waals surface area contributed by atoms with Crippen LogP contribution >= 0.6 is 0 Å². The normalized spacial score (nSPS) is 15.8. The molecule has 42 heavy (non-hydrogen) atoms. The first-order valence-electron chi connectivity index (χ1n) is 13.8. The molecular formula is C36H30O6. The standard InChI is InChI=1S/C36H30O6/c37-35-31-18-16-29(39-22-26-10-4-1-5-11-26)20-33(31)42-25-36(35,38)32-19-17-30(40-23-27-12-6-2-7-13-27)21-34(32)41-24-28-14-8-3-9-15-28/h1-21,38H,22-25H2/t36-/m0/s1. The van der Waals surface area contributed by atoms with Crippen molar-refractivity contribution in [3.8, 4) is 23.0 Å². The Hall–Kier alpha value is -5.07. The molecular weight excluding hydrogens is 528 g/mol. The van der Waals surface area contributed by atoms with Crippen LogP contribution in [-0.4, -0.2) is 17.5 Å². The first kappa shape index (κ1) is 27.1. The number of benzene rings is 5. The molecule has 1 N–H and O–H groups in total. The SMILES string of the molecule is O=C1c2ccc(OCc3ccccc3)cc2OC[C@]1(O)c1ccc(OCc2ccccc2)cc1OCc1ccccc1. The van der Waals surface area contributed by atoms with Crippen molar-refractivity contribution in [2.45, 2.75) is 25.4 Å². The second-order valence-corrected chi connectivity index (χ2v) is 10.1. The van der Waals surface area contributed by atoms with Crippen LogP contribution in [0.2, 0.25) is 0 Å². The van der Waals surface area contributed by atoms with Gasteiger partial charge in [-0.2, -0.15) is 0 Å². The smallest absolute Gasteiger partial charge is 0.206 e. The topological polar surface area (TPSA) is 74.2 Å². The van der Waals surface area contributed by atoms with E-state index in [0.717, 1.165) is 16.7 Å². The van der Waals surface area contributed by atoms with Gasteiger partial charge in [0.25, 0.3) is 0 Å². The van der Waals surface area contributed by atoms with Crippen LogP contribution in [0.1, 0.15) is 32.6 Å². The van der Waals surface area contributed by atoms with Gasteiger partial charge in [0.15, 0.2) is 5.60 Å². The molecule has 0 unspecified atom stereocenters. The molecule has 0 amide bonds. The Bertz CT molecular complexity index is 1650. The molecule has 5 aromatic carbocycles. The van der Waals surface area contributed by atoms with E-state index < -0.39 is 11.4 Å². The minimum absolute atomic E-state index is 0.250. The first-order valence-corrected chi connectivity index (χ1v) is 13.8. The largest absolute Gasteiger partial charge is 0.489 e. The van der Waals surface area contributed by atoms with Gasteiger partial charge in [0.05, 0.1) is 5.56 Å². The molecule has 0 aromatic heterocycles. The highest BCUT2D eigenvalue weighted by Crippen LogP contribution is 2.42. The molecule has 0 radical (unpaired) electrons. The Balaban J connectivity index is 1.25. The summed E-state index contributed by atoms with van der Waals surface area (Å²) in [4.78, 5) is 13.8. The average Bonchev–Trinajstić information content (AvgIpc) is 3.05. The van der Waals surface area contributed by atoms with Crippen LogP contribution in [0.25, 0.3) is 0 Å². The van der Waals surface area contributed by atoms with E-state index >= 15 is 0 Å². The highest BCUT2D eigenvalue weighted by atomic mass is 16.5. The number of hydrogen-bond acceptors (Lipinski definition) is 6. The molecule has 1 aliphatic rings. The van der Waals surface area contributed by atoms with Crippen molar-refractivity contribution in [1.29, 1.82) is 0 Å². The monoisotopic (exact) mass is 558 g/mol. The van der Waals surface area contributed by atoms with E-state index in [4.69, 9.17) is 18.9 Å². The van der Waals surface area contributed by atoms with Gasteiger partial charge in [-0.15, -0.1) is 0 Å². The number of ether oxygens (including phenoxy) is 4. The highest BCUT2D eigenvalue weighted by Gasteiger charge is 2.46. The molecule has 0 fully saturated rings. The van der Waals surface area contributed by atoms with Crippen molar-refractivity contribution in [1.82, 2.24) is 0 Å². The quantitative estimate of drug-likeness (QED) is 0.201. The minimum atomic E-state index is -1.95. The van der Waals surface area contributed by atoms with Gasteiger partial charge in [0, 0.05) is 17.7 Å². The van der Waals surface area contributed by atoms with Crippen LogP contribution < -0.4 is 18.9 Å². The number of Topliss-reactive ketones (excluding diaryl/α,β-unsaturated/α-hetero) is 1. The van der Waals surface area contributed by atoms with Crippen molar-refractivity contribution in [2.75, 3.05) is 6.61 Å². The number of fused-ring (bicyclic) bond motifs is 1. The maximum absolute atomic E-state index is 13.8. The van der Waals surface area contributed by atoms with Gasteiger partial charge in [0.2, 0.25) is 5.78 Å². The summed E-state index contributed by atoms with van der Waals surface area (Å²) in [5.74, 6) is 1.36. The molecule has 1 heterocycles. The van der Waals surface area contributed by atoms with Crippen LogP contribution in [0, 0.1) is 0 Å². The Morgan fingerprint density at radius 1 is 0.619 bits per heavy atom. The van der Waals surface area contributed by atoms with E-state index in [1.807, 2.05) is 91.0 Å². The second kappa shape index (κ2) is 12.2. The fourth-order valence-corrected chi connectivity index (χ4v) is 4.84. The summed E-state index contributed by atoms with van der Waals surface area (Å²) in [6, 6.07) is 39.5. The number of hydrogen-bond donors (Lipinski definition) is 1. The molecule has 6 nitrogen and oxygen atoms in total. The zero-order valence-corrected chi connectivity index (χ0v) is 22.9. The zero-order valence-electron chi connectivity index (χ0n) is 22.9. The van der Waals surface area contributed by atoms with Crippen LogP contribution in [0.3, 0.4) is 0 Å². The van der Waals surface area contributed by atoms with Gasteiger partial charge in [-0.3, -0.25) is 4.79 Å². The summed E-state index contributed by atoms with van der Waals surface area (Å²) in [5, 5.41) is 11.8. The summed E-state index contributed by atoms with van der Waals surface area (Å²) >= 11 is 0. The van der Waals surface area contributed by atoms with E-state index in [-0.39, 0.29) is 18.8 Å². The van der Waals surface area contributed by atoms with Gasteiger partial charge < -0.3 is 24.1 Å². The predicted molar refractivity (Wildman–Crippen MR) is 159 cm³/mol. The van der Waals surface area contributed by atoms with Gasteiger partial charge in [-0.05, 0) is 41.0 Å². The van der Waals surface area contributed by atoms with E-state index in [1.165, 1.54) is 0 Å². The lowest BCUT2D eigenvalue weighted by Gasteiger charge is -2.33. The lowest BCUT2D eigenvalue weighted by atomic mass is 9.84. The fraction of sp³-hybridized carbons (Fsp3) is 0.139. The van der Waals surface area contributed by atoms with Crippen molar-refractivity contribution >= 4 is 5.78 Å². The van der Waals surface area contributed by atoms with E-state index in [9.17, 15) is 9.90 Å². The van der Waals surface area contributed by atoms with E-state index in [1.54, 1.807) is 36.4 Å². The number of ketones is 1. The number of aliphatic hydroxyl groups is 1. The molecule has 5 aromatic rings. The summed E-state index contributed by atoms with van der Waals surface area (Å²) in [6.07, 6.45) is 0. The molecule has 0 aliphatic carbocycles. The summed E-state index contributed by atoms with van der Waals surface area (Å²) < 4.78 is 24.1. The molecule has 210 valence electrons. The number of carbonyl (C=O) groups is 1. The molecule has 1 aliphatic heterocycles. The van der Waals surface area contributed by atoms with Crippen LogP contribution in [0.4, 0.5) is 0 Å². The lowest BCUT2D eigenvalue weighted by molar-refractivity contribution is -0.00677. The number of carbonyl (C=O) groups excluding carboxylic acids is 1. The van der Waals surface area contributed by atoms with Gasteiger partial charge >= 0.3 is 0 Å². The van der Waals surface area contributed by atoms with Gasteiger partial charge in [0.1, 0.15) is 49.4 Å². The number of rotatable bonds is 10. The van der Waals surface area contributed by atoms with Crippen molar-refractivity contribution in [2.24, 2.45) is 0 Å². The first-order chi connectivity index (χ1) is 20.6. The van der Waals surface area contributed by atoms with Gasteiger partial charge in [-0.1, -0.05) is 91.0 Å². The molecule has 1 atom stereocenters. The third kappa shape index (κ3) is 5.99. The second-order valence-electron chi connectivity index (χ2n) is 10.1. The molecule has 0 bridgehead atoms. The summed E-state index contributed by atoms with van der Waals surface area (Å²) in [6.45, 7) is 0.734. The minimum Gasteiger partial charge on any atom is -0.489 e. The molecule has 6 heteroatoms. The zero-order chi connectivity index (χ0) is 28.8. The summed E-state index contributed by atoms with van der Waals surface area (Å²) in [5.41, 5.74) is 1.63. The van der Waals surface area contributed by atoms with Crippen LogP contribution in [0.15, 0.2) is 127 Å². The Morgan fingerprint density at radius 2 is 1.12 bits per heavy atom. The third-order valence-corrected chi connectivity index (χ3v) is 7.14. The average molecular weight is 559 g/mol. The fourth-order valence-electron chi connectivity index (χ4n) is 4.84. The summed E-state index contributed by atoms with van der Waals surface area (Å²) in [7, 11) is 0. The van der Waals surface area contributed by atoms with Crippen molar-refractivity contribution < 1.29 is 28.8 Å². The highest BCUT2D eigenvalue weighted by molar-refractivity contribution is 6.06. The van der Waals surface area contributed by atoms with Gasteiger partial charge in [-0.25, -0.2) is 0 Å². The Labute approximate surface area is 244 Å². The molecule has 0 saturated heterocycles. The van der Waals surface area contributed by atoms with Crippen molar-refractivity contribution in [3.63, 3.8) is 0 Å². The maximum atomic E-state index is 13.8. The predicted octanol–water partition coefficient (Wildman–Crippen LogP) is 6.89. The third-order valence-electron chi connectivity index (χ3n) is 7.14. The van der Waals surface area contributed by atoms with E-state index in [0.29, 0.717) is 41.8 Å². The molecule has 0 spiro atoms. The van der Waals surface area contributed by atoms with E-state index in [2.05, 4.69) is 0 Å². The maximum Gasteiger partial charge on any atom is 0.206 e.